The summed E-state index contributed by atoms with van der Waals surface area (Å²) in [4.78, 5) is 14.8. The van der Waals surface area contributed by atoms with Crippen LogP contribution in [-0.2, 0) is 0 Å². The highest BCUT2D eigenvalue weighted by Crippen LogP contribution is 2.37. The lowest BCUT2D eigenvalue weighted by Gasteiger charge is -2.28. The summed E-state index contributed by atoms with van der Waals surface area (Å²) in [5.74, 6) is 1.21. The third kappa shape index (κ3) is 2.43. The van der Waals surface area contributed by atoms with Gasteiger partial charge in [-0.15, -0.1) is 0 Å². The van der Waals surface area contributed by atoms with E-state index in [1.54, 1.807) is 12.4 Å². The van der Waals surface area contributed by atoms with Gasteiger partial charge in [0.25, 0.3) is 0 Å². The van der Waals surface area contributed by atoms with E-state index in [2.05, 4.69) is 34.2 Å². The molecule has 5 nitrogen and oxygen atoms in total. The van der Waals surface area contributed by atoms with Crippen molar-refractivity contribution in [2.75, 3.05) is 20.1 Å². The summed E-state index contributed by atoms with van der Waals surface area (Å²) >= 11 is 0. The highest BCUT2D eigenvalue weighted by Gasteiger charge is 2.23. The van der Waals surface area contributed by atoms with Crippen LogP contribution in [0, 0.1) is 0 Å². The zero-order chi connectivity index (χ0) is 16.8. The first-order valence-electron chi connectivity index (χ1n) is 8.79. The largest absolute Gasteiger partial charge is 0.436 e. The minimum atomic E-state index is 0.578. The van der Waals surface area contributed by atoms with Crippen LogP contribution in [0.2, 0.25) is 0 Å². The highest BCUT2D eigenvalue weighted by atomic mass is 16.3. The Morgan fingerprint density at radius 1 is 1.20 bits per heavy atom. The van der Waals surface area contributed by atoms with Gasteiger partial charge >= 0.3 is 0 Å². The molecule has 0 bridgehead atoms. The number of oxazole rings is 1. The predicted octanol–water partition coefficient (Wildman–Crippen LogP) is 4.18. The molecule has 0 saturated carbocycles. The van der Waals surface area contributed by atoms with Gasteiger partial charge in [0.05, 0.1) is 5.56 Å². The number of benzene rings is 1. The van der Waals surface area contributed by atoms with E-state index < -0.39 is 0 Å². The summed E-state index contributed by atoms with van der Waals surface area (Å²) in [6.07, 6.45) is 8.09. The number of piperidine rings is 1. The van der Waals surface area contributed by atoms with Crippen molar-refractivity contribution in [2.45, 2.75) is 18.8 Å². The molecule has 0 aliphatic carbocycles. The number of nitrogens with one attached hydrogen (secondary N) is 1. The average molecular weight is 332 g/mol. The van der Waals surface area contributed by atoms with Gasteiger partial charge < -0.3 is 14.3 Å². The summed E-state index contributed by atoms with van der Waals surface area (Å²) in [6, 6.07) is 7.97. The van der Waals surface area contributed by atoms with Crippen LogP contribution in [0.3, 0.4) is 0 Å². The Hall–Kier alpha value is -2.66. The molecule has 126 valence electrons. The van der Waals surface area contributed by atoms with E-state index >= 15 is 0 Å². The molecule has 1 aliphatic heterocycles. The van der Waals surface area contributed by atoms with Gasteiger partial charge in [0.1, 0.15) is 5.52 Å². The van der Waals surface area contributed by atoms with Crippen molar-refractivity contribution in [3.8, 4) is 11.5 Å². The fourth-order valence-corrected chi connectivity index (χ4v) is 3.89. The summed E-state index contributed by atoms with van der Waals surface area (Å²) in [7, 11) is 2.20. The third-order valence-corrected chi connectivity index (χ3v) is 5.30. The van der Waals surface area contributed by atoms with Gasteiger partial charge in [-0.3, -0.25) is 4.98 Å². The Morgan fingerprint density at radius 3 is 2.88 bits per heavy atom. The van der Waals surface area contributed by atoms with Gasteiger partial charge in [-0.05, 0) is 68.7 Å². The Morgan fingerprint density at radius 2 is 2.08 bits per heavy atom. The lowest BCUT2D eigenvalue weighted by Crippen LogP contribution is -2.29. The van der Waals surface area contributed by atoms with Crippen molar-refractivity contribution in [3.63, 3.8) is 0 Å². The molecule has 5 rings (SSSR count). The number of aromatic amines is 1. The smallest absolute Gasteiger partial charge is 0.228 e. The summed E-state index contributed by atoms with van der Waals surface area (Å²) < 4.78 is 6.02. The molecule has 25 heavy (non-hydrogen) atoms. The second-order valence-corrected chi connectivity index (χ2v) is 6.92. The molecule has 0 spiro atoms. The van der Waals surface area contributed by atoms with Crippen LogP contribution in [-0.4, -0.2) is 40.0 Å². The molecule has 0 unspecified atom stereocenters. The number of aromatic nitrogens is 3. The first kappa shape index (κ1) is 14.7. The molecule has 3 aromatic heterocycles. The maximum atomic E-state index is 6.02. The Balaban J connectivity index is 1.66. The number of nitrogens with zero attached hydrogens (tertiary/aromatic N) is 3. The van der Waals surface area contributed by atoms with Crippen LogP contribution < -0.4 is 0 Å². The van der Waals surface area contributed by atoms with E-state index in [4.69, 9.17) is 9.40 Å². The third-order valence-electron chi connectivity index (χ3n) is 5.30. The normalized spacial score (nSPS) is 16.8. The number of likely N-dealkylation sites (tertiary alicyclic amines) is 1. The van der Waals surface area contributed by atoms with E-state index in [0.29, 0.717) is 11.8 Å². The van der Waals surface area contributed by atoms with E-state index in [-0.39, 0.29) is 0 Å². The number of fused-ring (bicyclic) bond motifs is 3. The number of hydrogen-bond acceptors (Lipinski definition) is 4. The quantitative estimate of drug-likeness (QED) is 0.598. The molecule has 5 heteroatoms. The first-order valence-corrected chi connectivity index (χ1v) is 8.79. The number of hydrogen-bond donors (Lipinski definition) is 1. The first-order chi connectivity index (χ1) is 12.3. The molecule has 1 aliphatic rings. The van der Waals surface area contributed by atoms with Crippen molar-refractivity contribution in [1.82, 2.24) is 19.9 Å². The van der Waals surface area contributed by atoms with Gasteiger partial charge in [-0.1, -0.05) is 0 Å². The second kappa shape index (κ2) is 5.70. The number of rotatable bonds is 2. The summed E-state index contributed by atoms with van der Waals surface area (Å²) in [5, 5.41) is 1.21. The Labute approximate surface area is 145 Å². The topological polar surface area (TPSA) is 58.0 Å². The van der Waals surface area contributed by atoms with Crippen LogP contribution in [0.5, 0.6) is 0 Å². The van der Waals surface area contributed by atoms with Crippen molar-refractivity contribution in [1.29, 1.82) is 0 Å². The van der Waals surface area contributed by atoms with E-state index in [9.17, 15) is 0 Å². The molecule has 1 saturated heterocycles. The lowest BCUT2D eigenvalue weighted by molar-refractivity contribution is 0.256. The van der Waals surface area contributed by atoms with Crippen molar-refractivity contribution in [3.05, 3.63) is 48.4 Å². The van der Waals surface area contributed by atoms with Crippen molar-refractivity contribution in [2.24, 2.45) is 0 Å². The Bertz CT molecular complexity index is 1030. The molecular formula is C20H20N4O. The van der Waals surface area contributed by atoms with Crippen LogP contribution in [0.4, 0.5) is 0 Å². The molecule has 4 aromatic rings. The van der Waals surface area contributed by atoms with Gasteiger partial charge in [0.2, 0.25) is 5.89 Å². The van der Waals surface area contributed by atoms with Gasteiger partial charge in [0, 0.05) is 29.5 Å². The van der Waals surface area contributed by atoms with Crippen LogP contribution in [0.25, 0.3) is 33.5 Å². The summed E-state index contributed by atoms with van der Waals surface area (Å²) in [5.41, 5.74) is 5.20. The second-order valence-electron chi connectivity index (χ2n) is 6.92. The predicted molar refractivity (Wildman–Crippen MR) is 98.6 cm³/mol. The minimum Gasteiger partial charge on any atom is -0.436 e. The SMILES string of the molecule is CN1CCC(c2c[nH]c3ccc4oc(-c5cccnc5)nc4c23)CC1. The van der Waals surface area contributed by atoms with Gasteiger partial charge in [0.15, 0.2) is 5.58 Å². The minimum absolute atomic E-state index is 0.578. The van der Waals surface area contributed by atoms with Crippen LogP contribution >= 0.6 is 0 Å². The molecular weight excluding hydrogens is 312 g/mol. The molecule has 1 N–H and O–H groups in total. The fraction of sp³-hybridized carbons (Fsp3) is 0.300. The number of pyridine rings is 1. The highest BCUT2D eigenvalue weighted by molar-refractivity contribution is 6.05. The standard InChI is InChI=1S/C20H20N4O/c1-24-9-6-13(7-10-24)15-12-22-16-4-5-17-19(18(15)16)23-20(25-17)14-3-2-8-21-11-14/h2-5,8,11-13,22H,6-7,9-10H2,1H3. The fourth-order valence-electron chi connectivity index (χ4n) is 3.89. The van der Waals surface area contributed by atoms with Crippen molar-refractivity contribution >= 4 is 22.0 Å². The molecule has 1 aromatic carbocycles. The van der Waals surface area contributed by atoms with Gasteiger partial charge in [-0.25, -0.2) is 4.98 Å². The van der Waals surface area contributed by atoms with Crippen LogP contribution in [0.15, 0.2) is 47.3 Å². The maximum Gasteiger partial charge on any atom is 0.228 e. The molecule has 4 heterocycles. The van der Waals surface area contributed by atoms with Crippen molar-refractivity contribution < 1.29 is 4.42 Å². The molecule has 0 radical (unpaired) electrons. The zero-order valence-corrected chi connectivity index (χ0v) is 14.2. The van der Waals surface area contributed by atoms with Crippen LogP contribution in [0.1, 0.15) is 24.3 Å². The monoisotopic (exact) mass is 332 g/mol. The molecule has 0 atom stereocenters. The van der Waals surface area contributed by atoms with Gasteiger partial charge in [-0.2, -0.15) is 0 Å². The average Bonchev–Trinajstić information content (AvgIpc) is 3.27. The zero-order valence-electron chi connectivity index (χ0n) is 14.2. The molecule has 0 amide bonds. The van der Waals surface area contributed by atoms with E-state index in [1.165, 1.54) is 23.8 Å². The summed E-state index contributed by atoms with van der Waals surface area (Å²) in [6.45, 7) is 2.29. The van der Waals surface area contributed by atoms with E-state index in [1.807, 2.05) is 18.2 Å². The Kier molecular flexibility index (Phi) is 3.35. The maximum absolute atomic E-state index is 6.02. The lowest BCUT2D eigenvalue weighted by atomic mass is 9.89. The molecule has 1 fully saturated rings. The van der Waals surface area contributed by atoms with E-state index in [0.717, 1.165) is 35.3 Å². The number of H-pyrrole nitrogens is 1.